The Balaban J connectivity index is 4.72. The maximum absolute atomic E-state index is 6.09. The second-order valence-electron chi connectivity index (χ2n) is 6.53. The lowest BCUT2D eigenvalue weighted by atomic mass is 10.1. The number of rotatable bonds is 18. The van der Waals surface area contributed by atoms with Crippen LogP contribution >= 0.6 is 52.3 Å². The van der Waals surface area contributed by atoms with Gasteiger partial charge in [-0.25, -0.2) is 0 Å². The molecule has 0 bridgehead atoms. The fraction of sp³-hybridized carbons (Fsp3) is 0.455. The Hall–Kier alpha value is 0.900. The van der Waals surface area contributed by atoms with Gasteiger partial charge in [0, 0.05) is 18.0 Å². The lowest BCUT2D eigenvalue weighted by Crippen LogP contribution is -2.25. The van der Waals surface area contributed by atoms with Gasteiger partial charge < -0.3 is 13.6 Å². The standard InChI is InChI=1S/C22H40O3P6/c1-3-5-7-13-16-20(23-26)17-14-10-8-9-11-15-18-21(24-30-27)22(25-31(28)29)19-12-6-4-2/h6-15,17-18,20-22,30H,3-5,16,19,26-29H2,1-2H3/b10-8-,11-9-,12-6-,13-7-,17-14+,18-15+. The van der Waals surface area contributed by atoms with Crippen LogP contribution in [0.4, 0.5) is 0 Å². The van der Waals surface area contributed by atoms with Crippen LogP contribution in [-0.2, 0) is 13.6 Å². The van der Waals surface area contributed by atoms with E-state index in [0.717, 1.165) is 25.7 Å². The maximum atomic E-state index is 6.09. The molecule has 9 heteroatoms. The summed E-state index contributed by atoms with van der Waals surface area (Å²) < 4.78 is 17.4. The van der Waals surface area contributed by atoms with Gasteiger partial charge in [-0.1, -0.05) is 120 Å². The van der Waals surface area contributed by atoms with Crippen molar-refractivity contribution in [3.8, 4) is 0 Å². The van der Waals surface area contributed by atoms with E-state index >= 15 is 0 Å². The fourth-order valence-corrected chi connectivity index (χ4v) is 4.94. The van der Waals surface area contributed by atoms with E-state index in [4.69, 9.17) is 13.6 Å². The van der Waals surface area contributed by atoms with Crippen LogP contribution in [0.15, 0.2) is 72.9 Å². The molecule has 31 heavy (non-hydrogen) atoms. The summed E-state index contributed by atoms with van der Waals surface area (Å²) in [5.74, 6) is 0. The van der Waals surface area contributed by atoms with Crippen LogP contribution in [0.3, 0.4) is 0 Å². The van der Waals surface area contributed by atoms with Gasteiger partial charge in [-0.2, -0.15) is 0 Å². The molecule has 0 fully saturated rings. The van der Waals surface area contributed by atoms with Crippen LogP contribution in [0, 0.1) is 0 Å². The third kappa shape index (κ3) is 20.0. The predicted molar refractivity (Wildman–Crippen MR) is 158 cm³/mol. The SMILES string of the molecule is CC/C=C\CC(OP(P)P)C(/C=C/C=C\C=C/C=C/C(C/C=C\CCC)OP)OPP. The smallest absolute Gasteiger partial charge is 0.107 e. The summed E-state index contributed by atoms with van der Waals surface area (Å²) >= 11 is 0. The molecule has 0 aromatic heterocycles. The van der Waals surface area contributed by atoms with Crippen molar-refractivity contribution in [2.45, 2.75) is 64.3 Å². The molecule has 0 saturated heterocycles. The molecule has 0 aliphatic rings. The first-order valence-electron chi connectivity index (χ1n) is 10.5. The maximum Gasteiger partial charge on any atom is 0.107 e. The second kappa shape index (κ2) is 24.0. The molecule has 0 aromatic carbocycles. The first-order chi connectivity index (χ1) is 15.1. The van der Waals surface area contributed by atoms with Crippen molar-refractivity contribution in [3.63, 3.8) is 0 Å². The van der Waals surface area contributed by atoms with Crippen molar-refractivity contribution in [1.82, 2.24) is 0 Å². The minimum atomic E-state index is -0.617. The summed E-state index contributed by atoms with van der Waals surface area (Å²) in [4.78, 5) is 0. The fourth-order valence-electron chi connectivity index (χ4n) is 2.42. The summed E-state index contributed by atoms with van der Waals surface area (Å²) in [6.07, 6.45) is 29.9. The van der Waals surface area contributed by atoms with Crippen LogP contribution in [0.5, 0.6) is 0 Å². The molecular weight excluding hydrogens is 498 g/mol. The zero-order valence-electron chi connectivity index (χ0n) is 18.7. The molecular formula is C22H40O3P6. The van der Waals surface area contributed by atoms with E-state index in [1.54, 1.807) is 0 Å². The van der Waals surface area contributed by atoms with Gasteiger partial charge >= 0.3 is 0 Å². The summed E-state index contributed by atoms with van der Waals surface area (Å²) in [6, 6.07) is 0. The van der Waals surface area contributed by atoms with E-state index in [9.17, 15) is 0 Å². The molecule has 176 valence electrons. The van der Waals surface area contributed by atoms with Crippen molar-refractivity contribution in [2.75, 3.05) is 0 Å². The van der Waals surface area contributed by atoms with E-state index in [1.165, 1.54) is 6.42 Å². The van der Waals surface area contributed by atoms with E-state index in [2.05, 4.69) is 86.6 Å². The molecule has 0 heterocycles. The molecule has 0 N–H and O–H groups in total. The van der Waals surface area contributed by atoms with Gasteiger partial charge in [-0.05, 0) is 25.7 Å². The first-order valence-corrected chi connectivity index (χ1v) is 18.2. The highest BCUT2D eigenvalue weighted by Crippen LogP contribution is 2.55. The Bertz CT molecular complexity index is 588. The normalized spacial score (nSPS) is 16.7. The highest BCUT2D eigenvalue weighted by atomic mass is 32.4. The van der Waals surface area contributed by atoms with Crippen molar-refractivity contribution < 1.29 is 13.6 Å². The summed E-state index contributed by atoms with van der Waals surface area (Å²) in [6.45, 7) is 4.31. The van der Waals surface area contributed by atoms with Gasteiger partial charge in [-0.3, -0.25) is 0 Å². The van der Waals surface area contributed by atoms with Gasteiger partial charge in [0.1, 0.15) is 6.10 Å². The zero-order chi connectivity index (χ0) is 23.2. The summed E-state index contributed by atoms with van der Waals surface area (Å²) in [7, 11) is 10.2. The van der Waals surface area contributed by atoms with Crippen LogP contribution in [0.2, 0.25) is 0 Å². The minimum Gasteiger partial charge on any atom is -0.358 e. The largest absolute Gasteiger partial charge is 0.358 e. The number of hydrogen-bond acceptors (Lipinski definition) is 3. The predicted octanol–water partition coefficient (Wildman–Crippen LogP) is 8.62. The Morgan fingerprint density at radius 2 is 1.52 bits per heavy atom. The van der Waals surface area contributed by atoms with Gasteiger partial charge in [0.05, 0.1) is 19.7 Å². The molecule has 8 atom stereocenters. The van der Waals surface area contributed by atoms with E-state index in [-0.39, 0.29) is 18.3 Å². The Morgan fingerprint density at radius 3 is 2.10 bits per heavy atom. The lowest BCUT2D eigenvalue weighted by molar-refractivity contribution is 0.114. The topological polar surface area (TPSA) is 27.7 Å². The zero-order valence-corrected chi connectivity index (χ0v) is 25.2. The monoisotopic (exact) mass is 538 g/mol. The van der Waals surface area contributed by atoms with Crippen molar-refractivity contribution in [1.29, 1.82) is 0 Å². The summed E-state index contributed by atoms with van der Waals surface area (Å²) in [5.41, 5.74) is 0. The lowest BCUT2D eigenvalue weighted by Gasteiger charge is -2.25. The molecule has 0 aliphatic heterocycles. The van der Waals surface area contributed by atoms with Gasteiger partial charge in [-0.15, -0.1) is 0 Å². The molecule has 0 radical (unpaired) electrons. The number of hydrogen-bond donors (Lipinski definition) is 0. The van der Waals surface area contributed by atoms with Crippen molar-refractivity contribution in [3.05, 3.63) is 72.9 Å². The van der Waals surface area contributed by atoms with E-state index in [1.807, 2.05) is 36.5 Å². The molecule has 0 spiro atoms. The van der Waals surface area contributed by atoms with Crippen molar-refractivity contribution in [2.24, 2.45) is 0 Å². The average Bonchev–Trinajstić information content (AvgIpc) is 2.75. The Kier molecular flexibility index (Phi) is 24.7. The Morgan fingerprint density at radius 1 is 0.871 bits per heavy atom. The molecule has 3 nitrogen and oxygen atoms in total. The molecule has 0 saturated carbocycles. The first kappa shape index (κ1) is 31.9. The van der Waals surface area contributed by atoms with Crippen LogP contribution in [0.25, 0.3) is 0 Å². The molecule has 0 aromatic rings. The van der Waals surface area contributed by atoms with Gasteiger partial charge in [0.2, 0.25) is 0 Å². The second-order valence-corrected chi connectivity index (χ2v) is 13.8. The Labute approximate surface area is 202 Å². The van der Waals surface area contributed by atoms with Crippen LogP contribution in [0.1, 0.15) is 46.0 Å². The molecule has 8 unspecified atom stereocenters. The quantitative estimate of drug-likeness (QED) is 0.0994. The number of allylic oxidation sites excluding steroid dienone is 8. The van der Waals surface area contributed by atoms with E-state index < -0.39 is 7.53 Å². The van der Waals surface area contributed by atoms with Gasteiger partial charge in [0.15, 0.2) is 0 Å². The molecule has 0 amide bonds. The third-order valence-corrected chi connectivity index (χ3v) is 6.36. The highest BCUT2D eigenvalue weighted by Gasteiger charge is 2.20. The number of unbranched alkanes of at least 4 members (excludes halogenated alkanes) is 1. The van der Waals surface area contributed by atoms with E-state index in [0.29, 0.717) is 8.50 Å². The molecule has 0 rings (SSSR count). The molecule has 0 aliphatic carbocycles. The minimum absolute atomic E-state index is 0.00434. The third-order valence-electron chi connectivity index (χ3n) is 3.95. The van der Waals surface area contributed by atoms with Crippen LogP contribution in [-0.4, -0.2) is 18.3 Å². The summed E-state index contributed by atoms with van der Waals surface area (Å²) in [5, 5.41) is 0. The van der Waals surface area contributed by atoms with Crippen LogP contribution < -0.4 is 0 Å². The van der Waals surface area contributed by atoms with Gasteiger partial charge in [0.25, 0.3) is 0 Å². The average molecular weight is 538 g/mol. The highest BCUT2D eigenvalue weighted by molar-refractivity contribution is 8.41. The van der Waals surface area contributed by atoms with Crippen molar-refractivity contribution >= 4 is 52.3 Å².